The number of pyridine rings is 1. The Morgan fingerprint density at radius 3 is 2.95 bits per heavy atom. The molecule has 1 fully saturated rings. The van der Waals surface area contributed by atoms with Gasteiger partial charge in [0.05, 0.1) is 16.9 Å². The number of carbonyl (C=O) groups excluding carboxylic acids is 1. The summed E-state index contributed by atoms with van der Waals surface area (Å²) >= 11 is 3.33. The van der Waals surface area contributed by atoms with Gasteiger partial charge < -0.3 is 10.6 Å². The highest BCUT2D eigenvalue weighted by Gasteiger charge is 2.39. The van der Waals surface area contributed by atoms with E-state index in [9.17, 15) is 4.79 Å². The Balaban J connectivity index is 2.15. The topological polar surface area (TPSA) is 54.0 Å². The molecule has 1 aliphatic rings. The highest BCUT2D eigenvalue weighted by Crippen LogP contribution is 2.27. The van der Waals surface area contributed by atoms with Gasteiger partial charge in [0.15, 0.2) is 0 Å². The number of anilines is 1. The summed E-state index contributed by atoms with van der Waals surface area (Å²) in [6.07, 6.45) is 3.85. The zero-order valence-electron chi connectivity index (χ0n) is 11.4. The number of carbonyl (C=O) groups is 1. The van der Waals surface area contributed by atoms with Gasteiger partial charge in [0.25, 0.3) is 0 Å². The lowest BCUT2D eigenvalue weighted by molar-refractivity contribution is -0.122. The summed E-state index contributed by atoms with van der Waals surface area (Å²) in [6, 6.07) is 3.73. The highest BCUT2D eigenvalue weighted by molar-refractivity contribution is 9.10. The van der Waals surface area contributed by atoms with E-state index in [4.69, 9.17) is 0 Å². The average Bonchev–Trinajstić information content (AvgIpc) is 2.83. The van der Waals surface area contributed by atoms with Crippen LogP contribution >= 0.6 is 15.9 Å². The number of nitrogens with zero attached hydrogens (tertiary/aromatic N) is 1. The third kappa shape index (κ3) is 3.15. The average molecular weight is 326 g/mol. The molecule has 1 amide bonds. The molecule has 0 bridgehead atoms. The quantitative estimate of drug-likeness (QED) is 0.837. The van der Waals surface area contributed by atoms with Crippen LogP contribution in [0.25, 0.3) is 0 Å². The van der Waals surface area contributed by atoms with E-state index in [2.05, 4.69) is 38.5 Å². The zero-order valence-corrected chi connectivity index (χ0v) is 13.0. The normalized spacial score (nSPS) is 22.5. The molecule has 0 saturated carbocycles. The van der Waals surface area contributed by atoms with Gasteiger partial charge in [-0.25, -0.2) is 4.98 Å². The van der Waals surface area contributed by atoms with Crippen LogP contribution in [0.1, 0.15) is 38.3 Å². The number of hydrogen-bond acceptors (Lipinski definition) is 3. The van der Waals surface area contributed by atoms with E-state index < -0.39 is 5.54 Å². The second-order valence-corrected chi connectivity index (χ2v) is 5.90. The van der Waals surface area contributed by atoms with Crippen LogP contribution in [0.4, 0.5) is 5.69 Å². The Kier molecular flexibility index (Phi) is 4.58. The summed E-state index contributed by atoms with van der Waals surface area (Å²) in [7, 11) is 0. The van der Waals surface area contributed by atoms with Crippen molar-refractivity contribution in [2.45, 2.75) is 45.1 Å². The summed E-state index contributed by atoms with van der Waals surface area (Å²) in [5.74, 6) is 0.0686. The lowest BCUT2D eigenvalue weighted by Gasteiger charge is -2.28. The molecule has 1 aliphatic heterocycles. The molecular weight excluding hydrogens is 306 g/mol. The van der Waals surface area contributed by atoms with Crippen LogP contribution in [0.2, 0.25) is 0 Å². The lowest BCUT2D eigenvalue weighted by Crippen LogP contribution is -2.50. The number of amides is 1. The molecule has 5 heteroatoms. The number of hydrogen-bond donors (Lipinski definition) is 2. The Morgan fingerprint density at radius 2 is 2.37 bits per heavy atom. The van der Waals surface area contributed by atoms with E-state index in [0.717, 1.165) is 48.2 Å². The first-order chi connectivity index (χ1) is 9.07. The largest absolute Gasteiger partial charge is 0.323 e. The zero-order chi connectivity index (χ0) is 13.9. The van der Waals surface area contributed by atoms with E-state index in [0.29, 0.717) is 0 Å². The second-order valence-electron chi connectivity index (χ2n) is 5.08. The number of halogens is 1. The third-order valence-electron chi connectivity index (χ3n) is 3.66. The predicted octanol–water partition coefficient (Wildman–Crippen LogP) is 3.01. The van der Waals surface area contributed by atoms with Crippen LogP contribution in [0.5, 0.6) is 0 Å². The van der Waals surface area contributed by atoms with Crippen LogP contribution in [-0.2, 0) is 4.79 Å². The standard InChI is InChI=1S/C14H20BrN3O/c1-3-7-14(8-4-9-16-14)13(19)18-11-5-6-12(15)17-10(11)2/h5-6,16H,3-4,7-9H2,1-2H3,(H,18,19). The Bertz CT molecular complexity index is 470. The van der Waals surface area contributed by atoms with E-state index in [1.807, 2.05) is 19.1 Å². The number of aryl methyl sites for hydroxylation is 1. The molecule has 2 heterocycles. The highest BCUT2D eigenvalue weighted by atomic mass is 79.9. The summed E-state index contributed by atoms with van der Waals surface area (Å²) < 4.78 is 0.783. The third-order valence-corrected chi connectivity index (χ3v) is 4.10. The molecule has 104 valence electrons. The smallest absolute Gasteiger partial charge is 0.244 e. The van der Waals surface area contributed by atoms with Crippen molar-refractivity contribution in [3.8, 4) is 0 Å². The summed E-state index contributed by atoms with van der Waals surface area (Å²) in [4.78, 5) is 16.9. The number of nitrogens with one attached hydrogen (secondary N) is 2. The van der Waals surface area contributed by atoms with Crippen molar-refractivity contribution in [3.63, 3.8) is 0 Å². The van der Waals surface area contributed by atoms with Crippen LogP contribution in [0, 0.1) is 6.92 Å². The van der Waals surface area contributed by atoms with E-state index in [1.165, 1.54) is 0 Å². The first kappa shape index (κ1) is 14.5. The van der Waals surface area contributed by atoms with Gasteiger partial charge in [-0.05, 0) is 60.8 Å². The van der Waals surface area contributed by atoms with Gasteiger partial charge in [0.1, 0.15) is 4.60 Å². The van der Waals surface area contributed by atoms with Gasteiger partial charge in [-0.15, -0.1) is 0 Å². The van der Waals surface area contributed by atoms with Crippen molar-refractivity contribution < 1.29 is 4.79 Å². The van der Waals surface area contributed by atoms with E-state index >= 15 is 0 Å². The molecular formula is C14H20BrN3O. The monoisotopic (exact) mass is 325 g/mol. The fourth-order valence-electron chi connectivity index (χ4n) is 2.66. The second kappa shape index (κ2) is 6.01. The summed E-state index contributed by atoms with van der Waals surface area (Å²) in [6.45, 7) is 4.93. The molecule has 0 spiro atoms. The Hall–Kier alpha value is -0.940. The minimum atomic E-state index is -0.395. The maximum atomic E-state index is 12.6. The van der Waals surface area contributed by atoms with Crippen molar-refractivity contribution in [1.82, 2.24) is 10.3 Å². The SMILES string of the molecule is CCCC1(C(=O)Nc2ccc(Br)nc2C)CCCN1. The van der Waals surface area contributed by atoms with E-state index in [-0.39, 0.29) is 5.91 Å². The van der Waals surface area contributed by atoms with Gasteiger partial charge in [-0.3, -0.25) is 4.79 Å². The maximum absolute atomic E-state index is 12.6. The van der Waals surface area contributed by atoms with Gasteiger partial charge in [0.2, 0.25) is 5.91 Å². The maximum Gasteiger partial charge on any atom is 0.244 e. The van der Waals surface area contributed by atoms with Crippen molar-refractivity contribution in [3.05, 3.63) is 22.4 Å². The minimum Gasteiger partial charge on any atom is -0.323 e. The molecule has 0 radical (unpaired) electrons. The predicted molar refractivity (Wildman–Crippen MR) is 80.2 cm³/mol. The molecule has 1 aromatic rings. The van der Waals surface area contributed by atoms with Crippen molar-refractivity contribution in [1.29, 1.82) is 0 Å². The Morgan fingerprint density at radius 1 is 1.58 bits per heavy atom. The molecule has 2 N–H and O–H groups in total. The lowest BCUT2D eigenvalue weighted by atomic mass is 9.90. The number of rotatable bonds is 4. The molecule has 0 aliphatic carbocycles. The van der Waals surface area contributed by atoms with E-state index in [1.54, 1.807) is 0 Å². The van der Waals surface area contributed by atoms with Crippen molar-refractivity contribution in [2.24, 2.45) is 0 Å². The summed E-state index contributed by atoms with van der Waals surface area (Å²) in [5.41, 5.74) is 1.22. The van der Waals surface area contributed by atoms with Crippen LogP contribution in [-0.4, -0.2) is 23.0 Å². The molecule has 2 rings (SSSR count). The number of aromatic nitrogens is 1. The molecule has 0 aromatic carbocycles. The fourth-order valence-corrected chi connectivity index (χ4v) is 3.06. The molecule has 1 atom stereocenters. The molecule has 1 aromatic heterocycles. The fraction of sp³-hybridized carbons (Fsp3) is 0.571. The molecule has 4 nitrogen and oxygen atoms in total. The van der Waals surface area contributed by atoms with Crippen molar-refractivity contribution >= 4 is 27.5 Å². The van der Waals surface area contributed by atoms with Gasteiger partial charge >= 0.3 is 0 Å². The molecule has 1 saturated heterocycles. The summed E-state index contributed by atoms with van der Waals surface area (Å²) in [5, 5.41) is 6.40. The minimum absolute atomic E-state index is 0.0686. The van der Waals surface area contributed by atoms with Crippen LogP contribution in [0.15, 0.2) is 16.7 Å². The van der Waals surface area contributed by atoms with Crippen LogP contribution in [0.3, 0.4) is 0 Å². The first-order valence-corrected chi connectivity index (χ1v) is 7.56. The molecule has 1 unspecified atom stereocenters. The van der Waals surface area contributed by atoms with Crippen molar-refractivity contribution in [2.75, 3.05) is 11.9 Å². The van der Waals surface area contributed by atoms with Crippen LogP contribution < -0.4 is 10.6 Å². The first-order valence-electron chi connectivity index (χ1n) is 6.77. The Labute approximate surface area is 122 Å². The van der Waals surface area contributed by atoms with Gasteiger partial charge in [0, 0.05) is 0 Å². The van der Waals surface area contributed by atoms with Gasteiger partial charge in [-0.2, -0.15) is 0 Å². The van der Waals surface area contributed by atoms with Gasteiger partial charge in [-0.1, -0.05) is 13.3 Å². The molecule has 19 heavy (non-hydrogen) atoms.